The van der Waals surface area contributed by atoms with Crippen LogP contribution in [0.15, 0.2) is 76.1 Å². The molecule has 1 heterocycles. The van der Waals surface area contributed by atoms with Crippen molar-refractivity contribution in [1.29, 1.82) is 0 Å². The number of nitrogens with zero attached hydrogens (tertiary/aromatic N) is 3. The van der Waals surface area contributed by atoms with E-state index >= 15 is 0 Å². The fourth-order valence-electron chi connectivity index (χ4n) is 2.84. The van der Waals surface area contributed by atoms with Gasteiger partial charge in [-0.15, -0.1) is 11.3 Å². The highest BCUT2D eigenvalue weighted by Crippen LogP contribution is 2.27. The number of aromatic nitrogens is 1. The Labute approximate surface area is 181 Å². The van der Waals surface area contributed by atoms with Crippen molar-refractivity contribution in [3.05, 3.63) is 71.6 Å². The van der Waals surface area contributed by atoms with Crippen LogP contribution in [0.25, 0.3) is 17.3 Å². The zero-order valence-electron chi connectivity index (χ0n) is 16.9. The average Bonchev–Trinajstić information content (AvgIpc) is 3.24. The molecule has 0 fully saturated rings. The molecule has 1 aromatic heterocycles. The Balaban J connectivity index is 1.69. The molecule has 0 amide bonds. The molecule has 6 nitrogen and oxygen atoms in total. The number of nitrogens with one attached hydrogen (secondary N) is 1. The highest BCUT2D eigenvalue weighted by atomic mass is 32.2. The molecule has 0 atom stereocenters. The van der Waals surface area contributed by atoms with Gasteiger partial charge in [-0.3, -0.25) is 5.43 Å². The Morgan fingerprint density at radius 1 is 1.10 bits per heavy atom. The summed E-state index contributed by atoms with van der Waals surface area (Å²) in [5, 5.41) is 6.66. The fraction of sp³-hybridized carbons (Fsp3) is 0.182. The van der Waals surface area contributed by atoms with E-state index in [4.69, 9.17) is 0 Å². The first-order chi connectivity index (χ1) is 14.5. The lowest BCUT2D eigenvalue weighted by molar-refractivity contribution is 0.445. The van der Waals surface area contributed by atoms with Crippen LogP contribution in [0.1, 0.15) is 19.4 Å². The van der Waals surface area contributed by atoms with Gasteiger partial charge in [0, 0.05) is 30.2 Å². The lowest BCUT2D eigenvalue weighted by Gasteiger charge is -2.18. The van der Waals surface area contributed by atoms with Gasteiger partial charge in [-0.25, -0.2) is 13.4 Å². The quantitative estimate of drug-likeness (QED) is 0.377. The maximum Gasteiger partial charge on any atom is 0.243 e. The number of rotatable bonds is 9. The van der Waals surface area contributed by atoms with E-state index in [1.54, 1.807) is 24.4 Å². The van der Waals surface area contributed by atoms with Crippen molar-refractivity contribution in [2.24, 2.45) is 5.10 Å². The number of sulfonamides is 1. The van der Waals surface area contributed by atoms with Crippen LogP contribution in [0.3, 0.4) is 0 Å². The second-order valence-electron chi connectivity index (χ2n) is 6.31. The molecule has 30 heavy (non-hydrogen) atoms. The third-order valence-electron chi connectivity index (χ3n) is 4.39. The molecule has 156 valence electrons. The molecule has 0 unspecified atom stereocenters. The van der Waals surface area contributed by atoms with E-state index in [2.05, 4.69) is 15.5 Å². The summed E-state index contributed by atoms with van der Waals surface area (Å²) in [5.41, 5.74) is 5.45. The molecule has 1 N–H and O–H groups in total. The van der Waals surface area contributed by atoms with Crippen molar-refractivity contribution in [2.75, 3.05) is 18.5 Å². The third-order valence-corrected chi connectivity index (χ3v) is 7.18. The predicted molar refractivity (Wildman–Crippen MR) is 125 cm³/mol. The summed E-state index contributed by atoms with van der Waals surface area (Å²) in [6.07, 6.45) is 5.46. The van der Waals surface area contributed by atoms with Crippen molar-refractivity contribution in [2.45, 2.75) is 18.7 Å². The van der Waals surface area contributed by atoms with Crippen molar-refractivity contribution in [1.82, 2.24) is 9.29 Å². The van der Waals surface area contributed by atoms with Gasteiger partial charge in [0.2, 0.25) is 15.2 Å². The van der Waals surface area contributed by atoms with Crippen molar-refractivity contribution >= 4 is 38.8 Å². The number of benzene rings is 2. The SMILES string of the molecule is CCN(CC)S(=O)(=O)c1cccc(-c2csc(N/N=C/C=C/c3ccccc3)n2)c1. The average molecular weight is 441 g/mol. The van der Waals surface area contributed by atoms with Gasteiger partial charge in [0.25, 0.3) is 0 Å². The highest BCUT2D eigenvalue weighted by Gasteiger charge is 2.22. The zero-order valence-corrected chi connectivity index (χ0v) is 18.5. The minimum atomic E-state index is -3.51. The van der Waals surface area contributed by atoms with Crippen LogP contribution in [0.4, 0.5) is 5.13 Å². The van der Waals surface area contributed by atoms with E-state index < -0.39 is 10.0 Å². The smallest absolute Gasteiger partial charge is 0.243 e. The van der Waals surface area contributed by atoms with Crippen LogP contribution in [0.2, 0.25) is 0 Å². The molecule has 8 heteroatoms. The summed E-state index contributed by atoms with van der Waals surface area (Å²) in [4.78, 5) is 4.78. The Morgan fingerprint density at radius 2 is 1.87 bits per heavy atom. The number of hydrogen-bond donors (Lipinski definition) is 1. The molecule has 3 aromatic rings. The summed E-state index contributed by atoms with van der Waals surface area (Å²) in [6.45, 7) is 4.53. The third kappa shape index (κ3) is 5.41. The Bertz CT molecular complexity index is 1120. The lowest BCUT2D eigenvalue weighted by atomic mass is 10.2. The van der Waals surface area contributed by atoms with Gasteiger partial charge in [0.1, 0.15) is 0 Å². The largest absolute Gasteiger partial charge is 0.253 e. The van der Waals surface area contributed by atoms with Gasteiger partial charge in [-0.05, 0) is 23.8 Å². The van der Waals surface area contributed by atoms with Crippen LogP contribution >= 0.6 is 11.3 Å². The van der Waals surface area contributed by atoms with E-state index in [1.165, 1.54) is 15.6 Å². The standard InChI is InChI=1S/C22H24N4O2S2/c1-3-26(4-2)30(27,28)20-14-8-13-19(16-20)21-17-29-22(24-21)25-23-15-9-12-18-10-6-5-7-11-18/h5-17H,3-4H2,1-2H3,(H,24,25)/b12-9+,23-15+. The van der Waals surface area contributed by atoms with E-state index in [0.29, 0.717) is 23.9 Å². The summed E-state index contributed by atoms with van der Waals surface area (Å²) in [7, 11) is -3.51. The Morgan fingerprint density at radius 3 is 2.60 bits per heavy atom. The number of hydrazone groups is 1. The predicted octanol–water partition coefficient (Wildman–Crippen LogP) is 4.95. The molecule has 0 bridgehead atoms. The Kier molecular flexibility index (Phi) is 7.51. The highest BCUT2D eigenvalue weighted by molar-refractivity contribution is 7.89. The van der Waals surface area contributed by atoms with Gasteiger partial charge >= 0.3 is 0 Å². The van der Waals surface area contributed by atoms with Crippen LogP contribution in [0.5, 0.6) is 0 Å². The maximum absolute atomic E-state index is 12.8. The van der Waals surface area contributed by atoms with Gasteiger partial charge in [-0.1, -0.05) is 62.4 Å². The summed E-state index contributed by atoms with van der Waals surface area (Å²) in [6, 6.07) is 16.8. The number of thiazole rings is 1. The van der Waals surface area contributed by atoms with Crippen molar-refractivity contribution in [3.63, 3.8) is 0 Å². The van der Waals surface area contributed by atoms with Crippen molar-refractivity contribution < 1.29 is 8.42 Å². The summed E-state index contributed by atoms with van der Waals surface area (Å²) < 4.78 is 27.0. The molecular formula is C22H24N4O2S2. The second kappa shape index (κ2) is 10.3. The molecular weight excluding hydrogens is 416 g/mol. The summed E-state index contributed by atoms with van der Waals surface area (Å²) >= 11 is 1.41. The molecule has 0 aliphatic heterocycles. The van der Waals surface area contributed by atoms with Gasteiger partial charge in [0.05, 0.1) is 10.6 Å². The normalized spacial score (nSPS) is 12.2. The number of anilines is 1. The minimum absolute atomic E-state index is 0.273. The molecule has 0 spiro atoms. The molecule has 3 rings (SSSR count). The minimum Gasteiger partial charge on any atom is -0.253 e. The fourth-order valence-corrected chi connectivity index (χ4v) is 5.01. The Hall–Kier alpha value is -2.81. The molecule has 0 saturated carbocycles. The molecule has 2 aromatic carbocycles. The van der Waals surface area contributed by atoms with E-state index in [0.717, 1.165) is 11.1 Å². The van der Waals surface area contributed by atoms with Gasteiger partial charge in [-0.2, -0.15) is 9.41 Å². The van der Waals surface area contributed by atoms with Gasteiger partial charge < -0.3 is 0 Å². The first kappa shape index (κ1) is 21.9. The summed E-state index contributed by atoms with van der Waals surface area (Å²) in [5.74, 6) is 0. The lowest BCUT2D eigenvalue weighted by Crippen LogP contribution is -2.30. The first-order valence-electron chi connectivity index (χ1n) is 9.61. The second-order valence-corrected chi connectivity index (χ2v) is 9.11. The maximum atomic E-state index is 12.8. The van der Waals surface area contributed by atoms with Crippen LogP contribution in [-0.2, 0) is 10.0 Å². The molecule has 0 radical (unpaired) electrons. The van der Waals surface area contributed by atoms with E-state index in [9.17, 15) is 8.42 Å². The molecule has 0 saturated heterocycles. The van der Waals surface area contributed by atoms with Crippen LogP contribution in [-0.4, -0.2) is 37.0 Å². The van der Waals surface area contributed by atoms with Gasteiger partial charge in [0.15, 0.2) is 0 Å². The zero-order chi connectivity index (χ0) is 21.4. The molecule has 0 aliphatic rings. The monoisotopic (exact) mass is 440 g/mol. The number of allylic oxidation sites excluding steroid dienone is 1. The number of hydrogen-bond acceptors (Lipinski definition) is 6. The van der Waals surface area contributed by atoms with Crippen molar-refractivity contribution in [3.8, 4) is 11.3 Å². The van der Waals surface area contributed by atoms with Crippen LogP contribution in [0, 0.1) is 0 Å². The first-order valence-corrected chi connectivity index (χ1v) is 11.9. The van der Waals surface area contributed by atoms with E-state index in [1.807, 2.05) is 67.8 Å². The van der Waals surface area contributed by atoms with E-state index in [-0.39, 0.29) is 4.90 Å². The van der Waals surface area contributed by atoms with Crippen LogP contribution < -0.4 is 5.43 Å². The topological polar surface area (TPSA) is 74.7 Å². The molecule has 0 aliphatic carbocycles.